The average molecular weight is 165 g/mol. The first kappa shape index (κ1) is 7.72. The molecule has 6 heteroatoms. The molecule has 5 nitrogen and oxygen atoms in total. The SMILES string of the molecule is O=C1CC[C@H](P(=O)(O)O)N1. The van der Waals surface area contributed by atoms with E-state index in [0.29, 0.717) is 0 Å². The lowest BCUT2D eigenvalue weighted by Crippen LogP contribution is -2.24. The van der Waals surface area contributed by atoms with Gasteiger partial charge in [-0.05, 0) is 6.42 Å². The Balaban J connectivity index is 2.62. The molecule has 1 fully saturated rings. The molecule has 3 N–H and O–H groups in total. The molecule has 1 amide bonds. The van der Waals surface area contributed by atoms with E-state index >= 15 is 0 Å². The van der Waals surface area contributed by atoms with Crippen molar-refractivity contribution >= 4 is 13.5 Å². The number of amides is 1. The number of hydrogen-bond donors (Lipinski definition) is 3. The van der Waals surface area contributed by atoms with Crippen LogP contribution in [0.5, 0.6) is 0 Å². The molecular weight excluding hydrogens is 157 g/mol. The van der Waals surface area contributed by atoms with E-state index < -0.39 is 13.4 Å². The Kier molecular flexibility index (Phi) is 1.81. The third-order valence-corrected chi connectivity index (χ3v) is 2.58. The molecular formula is C4H8NO4P. The monoisotopic (exact) mass is 165 g/mol. The van der Waals surface area contributed by atoms with Gasteiger partial charge in [-0.2, -0.15) is 0 Å². The third-order valence-electron chi connectivity index (χ3n) is 1.38. The lowest BCUT2D eigenvalue weighted by atomic mass is 10.4. The maximum atomic E-state index is 10.5. The van der Waals surface area contributed by atoms with Crippen molar-refractivity contribution in [1.82, 2.24) is 5.32 Å². The first-order chi connectivity index (χ1) is 4.50. The Bertz CT molecular complexity index is 197. The standard InChI is InChI=1S/C4H8NO4P/c6-3-1-2-4(5-3)10(7,8)9/h4H,1-2H2,(H,5,6)(H2,7,8,9)/t4-/m0/s1. The van der Waals surface area contributed by atoms with E-state index in [1.165, 1.54) is 0 Å². The van der Waals surface area contributed by atoms with Gasteiger partial charge in [-0.3, -0.25) is 9.36 Å². The van der Waals surface area contributed by atoms with Gasteiger partial charge in [0, 0.05) is 6.42 Å². The van der Waals surface area contributed by atoms with Gasteiger partial charge < -0.3 is 15.1 Å². The zero-order valence-corrected chi connectivity index (χ0v) is 6.04. The lowest BCUT2D eigenvalue weighted by molar-refractivity contribution is -0.119. The van der Waals surface area contributed by atoms with Gasteiger partial charge in [0.1, 0.15) is 5.78 Å². The van der Waals surface area contributed by atoms with Gasteiger partial charge in [-0.1, -0.05) is 0 Å². The molecule has 0 aliphatic carbocycles. The Labute approximate surface area is 57.6 Å². The molecule has 1 aliphatic heterocycles. The number of nitrogens with one attached hydrogen (secondary N) is 1. The van der Waals surface area contributed by atoms with E-state index in [4.69, 9.17) is 9.79 Å². The summed E-state index contributed by atoms with van der Waals surface area (Å²) in [5, 5.41) is 2.19. The first-order valence-corrected chi connectivity index (χ1v) is 4.53. The lowest BCUT2D eigenvalue weighted by Gasteiger charge is -2.10. The summed E-state index contributed by atoms with van der Waals surface area (Å²) in [4.78, 5) is 27.5. The molecule has 1 heterocycles. The predicted molar refractivity (Wildman–Crippen MR) is 33.2 cm³/mol. The highest BCUT2D eigenvalue weighted by atomic mass is 31.2. The summed E-state index contributed by atoms with van der Waals surface area (Å²) in [6, 6.07) is 0. The smallest absolute Gasteiger partial charge is 0.342 e. The number of carbonyl (C=O) groups is 1. The van der Waals surface area contributed by atoms with E-state index in [-0.39, 0.29) is 18.7 Å². The van der Waals surface area contributed by atoms with Gasteiger partial charge in [-0.25, -0.2) is 0 Å². The van der Waals surface area contributed by atoms with E-state index in [1.807, 2.05) is 0 Å². The molecule has 0 saturated carbocycles. The second-order valence-corrected chi connectivity index (χ2v) is 4.01. The summed E-state index contributed by atoms with van der Waals surface area (Å²) in [5.74, 6) is -1.23. The molecule has 0 bridgehead atoms. The van der Waals surface area contributed by atoms with Gasteiger partial charge in [0.25, 0.3) is 0 Å². The fraction of sp³-hybridized carbons (Fsp3) is 0.750. The van der Waals surface area contributed by atoms with Crippen molar-refractivity contribution in [2.24, 2.45) is 0 Å². The van der Waals surface area contributed by atoms with Crippen LogP contribution in [0.25, 0.3) is 0 Å². The average Bonchev–Trinajstić information content (AvgIpc) is 2.11. The maximum Gasteiger partial charge on any atom is 0.347 e. The topological polar surface area (TPSA) is 86.6 Å². The van der Waals surface area contributed by atoms with Crippen molar-refractivity contribution in [3.63, 3.8) is 0 Å². The van der Waals surface area contributed by atoms with Gasteiger partial charge in [0.05, 0.1) is 0 Å². The highest BCUT2D eigenvalue weighted by molar-refractivity contribution is 7.52. The fourth-order valence-corrected chi connectivity index (χ4v) is 1.63. The molecule has 0 spiro atoms. The molecule has 1 rings (SSSR count). The van der Waals surface area contributed by atoms with Crippen LogP contribution >= 0.6 is 7.60 Å². The molecule has 0 aromatic rings. The summed E-state index contributed by atoms with van der Waals surface area (Å²) < 4.78 is 10.5. The van der Waals surface area contributed by atoms with Crippen molar-refractivity contribution in [1.29, 1.82) is 0 Å². The van der Waals surface area contributed by atoms with Crippen molar-refractivity contribution in [3.8, 4) is 0 Å². The third kappa shape index (κ3) is 1.56. The normalized spacial score (nSPS) is 26.6. The van der Waals surface area contributed by atoms with E-state index in [0.717, 1.165) is 0 Å². The largest absolute Gasteiger partial charge is 0.347 e. The maximum absolute atomic E-state index is 10.5. The second-order valence-electron chi connectivity index (χ2n) is 2.21. The zero-order chi connectivity index (χ0) is 7.78. The van der Waals surface area contributed by atoms with Crippen molar-refractivity contribution in [3.05, 3.63) is 0 Å². The van der Waals surface area contributed by atoms with Crippen LogP contribution in [0.3, 0.4) is 0 Å². The van der Waals surface area contributed by atoms with Crippen molar-refractivity contribution in [2.45, 2.75) is 18.6 Å². The van der Waals surface area contributed by atoms with Crippen LogP contribution in [0.1, 0.15) is 12.8 Å². The minimum atomic E-state index is -4.08. The van der Waals surface area contributed by atoms with E-state index in [2.05, 4.69) is 5.32 Å². The summed E-state index contributed by atoms with van der Waals surface area (Å²) in [7, 11) is -4.08. The van der Waals surface area contributed by atoms with Crippen LogP contribution in [-0.2, 0) is 9.36 Å². The summed E-state index contributed by atoms with van der Waals surface area (Å²) in [5.41, 5.74) is 0. The van der Waals surface area contributed by atoms with Crippen LogP contribution in [0.2, 0.25) is 0 Å². The summed E-state index contributed by atoms with van der Waals surface area (Å²) >= 11 is 0. The molecule has 10 heavy (non-hydrogen) atoms. The molecule has 0 radical (unpaired) electrons. The highest BCUT2D eigenvalue weighted by Gasteiger charge is 2.34. The van der Waals surface area contributed by atoms with E-state index in [9.17, 15) is 9.36 Å². The Morgan fingerprint density at radius 1 is 1.60 bits per heavy atom. The summed E-state index contributed by atoms with van der Waals surface area (Å²) in [6.07, 6.45) is 0.457. The fourth-order valence-electron chi connectivity index (χ4n) is 0.850. The molecule has 1 atom stereocenters. The first-order valence-electron chi connectivity index (χ1n) is 2.85. The molecule has 0 unspecified atom stereocenters. The minimum Gasteiger partial charge on any atom is -0.342 e. The zero-order valence-electron chi connectivity index (χ0n) is 5.15. The number of rotatable bonds is 1. The van der Waals surface area contributed by atoms with Crippen LogP contribution in [0, 0.1) is 0 Å². The van der Waals surface area contributed by atoms with Crippen molar-refractivity contribution in [2.75, 3.05) is 0 Å². The molecule has 0 aromatic carbocycles. The minimum absolute atomic E-state index is 0.218. The Morgan fingerprint density at radius 2 is 2.20 bits per heavy atom. The predicted octanol–water partition coefficient (Wildman–Crippen LogP) is -0.600. The van der Waals surface area contributed by atoms with E-state index in [1.54, 1.807) is 0 Å². The molecule has 1 saturated heterocycles. The second kappa shape index (κ2) is 2.34. The van der Waals surface area contributed by atoms with Gasteiger partial charge in [0.2, 0.25) is 5.91 Å². The van der Waals surface area contributed by atoms with Gasteiger partial charge in [0.15, 0.2) is 0 Å². The molecule has 1 aliphatic rings. The van der Waals surface area contributed by atoms with Crippen LogP contribution in [0.4, 0.5) is 0 Å². The quantitative estimate of drug-likeness (QED) is 0.453. The number of hydrogen-bond acceptors (Lipinski definition) is 2. The van der Waals surface area contributed by atoms with Crippen LogP contribution < -0.4 is 5.32 Å². The number of carbonyl (C=O) groups excluding carboxylic acids is 1. The van der Waals surface area contributed by atoms with Crippen LogP contribution in [-0.4, -0.2) is 21.5 Å². The molecule has 58 valence electrons. The molecule has 0 aromatic heterocycles. The Hall–Kier alpha value is -0.380. The summed E-state index contributed by atoms with van der Waals surface area (Å²) in [6.45, 7) is 0. The van der Waals surface area contributed by atoms with Crippen molar-refractivity contribution < 1.29 is 19.1 Å². The van der Waals surface area contributed by atoms with Gasteiger partial charge >= 0.3 is 7.60 Å². The van der Waals surface area contributed by atoms with Crippen LogP contribution in [0.15, 0.2) is 0 Å². The van der Waals surface area contributed by atoms with Gasteiger partial charge in [-0.15, -0.1) is 0 Å². The Morgan fingerprint density at radius 3 is 2.40 bits per heavy atom. The highest BCUT2D eigenvalue weighted by Crippen LogP contribution is 2.43.